The molecule has 0 spiro atoms. The van der Waals surface area contributed by atoms with Crippen molar-refractivity contribution in [2.24, 2.45) is 0 Å². The van der Waals surface area contributed by atoms with Crippen LogP contribution in [0.4, 0.5) is 0 Å². The molecule has 0 aliphatic carbocycles. The molecule has 18 heavy (non-hydrogen) atoms. The summed E-state index contributed by atoms with van der Waals surface area (Å²) in [7, 11) is 0. The van der Waals surface area contributed by atoms with Crippen molar-refractivity contribution >= 4 is 23.2 Å². The second kappa shape index (κ2) is 6.10. The van der Waals surface area contributed by atoms with E-state index in [0.29, 0.717) is 28.0 Å². The van der Waals surface area contributed by atoms with Crippen LogP contribution in [-0.4, -0.2) is 5.11 Å². The Labute approximate surface area is 116 Å². The summed E-state index contributed by atoms with van der Waals surface area (Å²) < 4.78 is 5.65. The van der Waals surface area contributed by atoms with Crippen LogP contribution < -0.4 is 4.74 Å². The highest BCUT2D eigenvalue weighted by atomic mass is 35.5. The van der Waals surface area contributed by atoms with Gasteiger partial charge in [0.25, 0.3) is 0 Å². The van der Waals surface area contributed by atoms with E-state index >= 15 is 0 Å². The molecule has 0 aromatic heterocycles. The quantitative estimate of drug-likeness (QED) is 0.916. The molecule has 2 rings (SSSR count). The summed E-state index contributed by atoms with van der Waals surface area (Å²) in [6.45, 7) is 0.292. The second-order valence-electron chi connectivity index (χ2n) is 3.83. The maximum Gasteiger partial charge on any atom is 0.125 e. The molecule has 4 heteroatoms. The lowest BCUT2D eigenvalue weighted by Crippen LogP contribution is -1.98. The summed E-state index contributed by atoms with van der Waals surface area (Å²) in [5, 5.41) is 10.5. The number of ether oxygens (including phenoxy) is 1. The van der Waals surface area contributed by atoms with Crippen LogP contribution >= 0.6 is 23.2 Å². The van der Waals surface area contributed by atoms with Crippen molar-refractivity contribution in [2.75, 3.05) is 0 Å². The number of aliphatic hydroxyl groups excluding tert-OH is 1. The van der Waals surface area contributed by atoms with E-state index in [9.17, 15) is 5.11 Å². The molecule has 0 aliphatic rings. The fourth-order valence-corrected chi connectivity index (χ4v) is 2.01. The van der Waals surface area contributed by atoms with E-state index < -0.39 is 0 Å². The van der Waals surface area contributed by atoms with E-state index in [1.807, 2.05) is 24.3 Å². The number of aliphatic hydroxyl groups is 1. The molecule has 2 aromatic rings. The van der Waals surface area contributed by atoms with Gasteiger partial charge in [-0.25, -0.2) is 0 Å². The Hall–Kier alpha value is -1.22. The minimum atomic E-state index is -0.106. The normalized spacial score (nSPS) is 10.4. The topological polar surface area (TPSA) is 29.5 Å². The zero-order valence-corrected chi connectivity index (χ0v) is 11.1. The Morgan fingerprint density at radius 2 is 1.78 bits per heavy atom. The number of benzene rings is 2. The van der Waals surface area contributed by atoms with E-state index in [0.717, 1.165) is 5.56 Å². The van der Waals surface area contributed by atoms with Crippen LogP contribution in [-0.2, 0) is 13.2 Å². The Bertz CT molecular complexity index is 541. The first kappa shape index (κ1) is 13.2. The van der Waals surface area contributed by atoms with Gasteiger partial charge in [0.2, 0.25) is 0 Å². The molecule has 0 bridgehead atoms. The third-order valence-electron chi connectivity index (χ3n) is 2.48. The van der Waals surface area contributed by atoms with Gasteiger partial charge >= 0.3 is 0 Å². The largest absolute Gasteiger partial charge is 0.489 e. The van der Waals surface area contributed by atoms with Crippen LogP contribution in [0.3, 0.4) is 0 Å². The van der Waals surface area contributed by atoms with Gasteiger partial charge in [-0.1, -0.05) is 35.3 Å². The molecule has 0 saturated heterocycles. The molecular weight excluding hydrogens is 271 g/mol. The summed E-state index contributed by atoms with van der Waals surface area (Å²) in [6.07, 6.45) is 0. The van der Waals surface area contributed by atoms with E-state index in [-0.39, 0.29) is 6.61 Å². The fraction of sp³-hybridized carbons (Fsp3) is 0.143. The average Bonchev–Trinajstić information content (AvgIpc) is 2.37. The highest BCUT2D eigenvalue weighted by Crippen LogP contribution is 2.24. The molecule has 0 heterocycles. The minimum Gasteiger partial charge on any atom is -0.489 e. The molecule has 0 atom stereocenters. The Kier molecular flexibility index (Phi) is 4.48. The van der Waals surface area contributed by atoms with Crippen LogP contribution in [0.25, 0.3) is 0 Å². The molecule has 1 N–H and O–H groups in total. The van der Waals surface area contributed by atoms with Crippen molar-refractivity contribution in [2.45, 2.75) is 13.2 Å². The lowest BCUT2D eigenvalue weighted by molar-refractivity contribution is 0.259. The molecule has 0 radical (unpaired) electrons. The predicted molar refractivity (Wildman–Crippen MR) is 73.2 cm³/mol. The van der Waals surface area contributed by atoms with Crippen LogP contribution in [0.5, 0.6) is 5.75 Å². The molecule has 2 nitrogen and oxygen atoms in total. The standard InChI is InChI=1S/C14H12Cl2O2/c15-12-3-1-2-10(6-12)9-18-14-5-4-13(16)7-11(14)8-17/h1-7,17H,8-9H2. The first-order valence-electron chi connectivity index (χ1n) is 5.45. The predicted octanol–water partition coefficient (Wildman–Crippen LogP) is 4.06. The molecule has 0 amide bonds. The monoisotopic (exact) mass is 282 g/mol. The molecule has 2 aromatic carbocycles. The smallest absolute Gasteiger partial charge is 0.125 e. The molecule has 0 fully saturated rings. The second-order valence-corrected chi connectivity index (χ2v) is 4.70. The van der Waals surface area contributed by atoms with Gasteiger partial charge in [0, 0.05) is 15.6 Å². The summed E-state index contributed by atoms with van der Waals surface area (Å²) in [5.41, 5.74) is 1.64. The lowest BCUT2D eigenvalue weighted by atomic mass is 10.2. The molecule has 0 saturated carbocycles. The van der Waals surface area contributed by atoms with Crippen molar-refractivity contribution in [3.05, 3.63) is 63.6 Å². The van der Waals surface area contributed by atoms with Crippen molar-refractivity contribution in [3.8, 4) is 5.75 Å². The number of halogens is 2. The first-order valence-corrected chi connectivity index (χ1v) is 6.21. The zero-order valence-electron chi connectivity index (χ0n) is 9.57. The van der Waals surface area contributed by atoms with E-state index in [2.05, 4.69) is 0 Å². The highest BCUT2D eigenvalue weighted by Gasteiger charge is 2.04. The third kappa shape index (κ3) is 3.39. The van der Waals surface area contributed by atoms with Gasteiger partial charge < -0.3 is 9.84 Å². The van der Waals surface area contributed by atoms with Gasteiger partial charge in [-0.15, -0.1) is 0 Å². The molecular formula is C14H12Cl2O2. The van der Waals surface area contributed by atoms with Gasteiger partial charge in [-0.05, 0) is 35.9 Å². The minimum absolute atomic E-state index is 0.106. The van der Waals surface area contributed by atoms with Crippen LogP contribution in [0.2, 0.25) is 10.0 Å². The van der Waals surface area contributed by atoms with E-state index in [4.69, 9.17) is 27.9 Å². The summed E-state index contributed by atoms with van der Waals surface area (Å²) in [4.78, 5) is 0. The SMILES string of the molecule is OCc1cc(Cl)ccc1OCc1cccc(Cl)c1. The maximum atomic E-state index is 9.22. The highest BCUT2D eigenvalue weighted by molar-refractivity contribution is 6.30. The van der Waals surface area contributed by atoms with Crippen LogP contribution in [0.15, 0.2) is 42.5 Å². The number of hydrogen-bond donors (Lipinski definition) is 1. The van der Waals surface area contributed by atoms with Crippen LogP contribution in [0, 0.1) is 0 Å². The van der Waals surface area contributed by atoms with Gasteiger partial charge in [0.1, 0.15) is 12.4 Å². The Morgan fingerprint density at radius 3 is 2.50 bits per heavy atom. The third-order valence-corrected chi connectivity index (χ3v) is 2.95. The number of hydrogen-bond acceptors (Lipinski definition) is 2. The number of rotatable bonds is 4. The van der Waals surface area contributed by atoms with E-state index in [1.54, 1.807) is 18.2 Å². The summed E-state index contributed by atoms with van der Waals surface area (Å²) in [5.74, 6) is 0.627. The van der Waals surface area contributed by atoms with Gasteiger partial charge in [-0.2, -0.15) is 0 Å². The first-order chi connectivity index (χ1) is 8.69. The van der Waals surface area contributed by atoms with E-state index in [1.165, 1.54) is 0 Å². The average molecular weight is 283 g/mol. The van der Waals surface area contributed by atoms with Crippen molar-refractivity contribution in [1.29, 1.82) is 0 Å². The van der Waals surface area contributed by atoms with Crippen molar-refractivity contribution in [1.82, 2.24) is 0 Å². The van der Waals surface area contributed by atoms with Gasteiger partial charge in [0.05, 0.1) is 6.61 Å². The fourth-order valence-electron chi connectivity index (χ4n) is 1.60. The van der Waals surface area contributed by atoms with Crippen molar-refractivity contribution in [3.63, 3.8) is 0 Å². The van der Waals surface area contributed by atoms with Gasteiger partial charge in [-0.3, -0.25) is 0 Å². The Balaban J connectivity index is 2.10. The molecule has 0 unspecified atom stereocenters. The lowest BCUT2D eigenvalue weighted by Gasteiger charge is -2.10. The zero-order chi connectivity index (χ0) is 13.0. The Morgan fingerprint density at radius 1 is 1.00 bits per heavy atom. The van der Waals surface area contributed by atoms with Crippen molar-refractivity contribution < 1.29 is 9.84 Å². The maximum absolute atomic E-state index is 9.22. The summed E-state index contributed by atoms with van der Waals surface area (Å²) in [6, 6.07) is 12.6. The molecule has 94 valence electrons. The van der Waals surface area contributed by atoms with Gasteiger partial charge in [0.15, 0.2) is 0 Å². The van der Waals surface area contributed by atoms with Crippen LogP contribution in [0.1, 0.15) is 11.1 Å². The summed E-state index contributed by atoms with van der Waals surface area (Å²) >= 11 is 11.7. The molecule has 0 aliphatic heterocycles.